The largest absolute Gasteiger partial charge is 0.478 e. The molecule has 1 N–H and O–H groups in total. The highest BCUT2D eigenvalue weighted by Crippen LogP contribution is 2.24. The summed E-state index contributed by atoms with van der Waals surface area (Å²) in [5.74, 6) is -0.980. The maximum absolute atomic E-state index is 11.4. The average Bonchev–Trinajstić information content (AvgIpc) is 2.60. The summed E-state index contributed by atoms with van der Waals surface area (Å²) in [6.07, 6.45) is 0. The second kappa shape index (κ2) is 5.18. The number of nitrogens with zero attached hydrogens (tertiary/aromatic N) is 2. The lowest BCUT2D eigenvalue weighted by molar-refractivity contribution is 0.0699. The minimum atomic E-state index is -0.980. The Bertz CT molecular complexity index is 1060. The van der Waals surface area contributed by atoms with Crippen LogP contribution in [0.5, 0.6) is 0 Å². The molecule has 0 unspecified atom stereocenters. The number of carboxylic acid groups (broad SMARTS) is 1. The topological polar surface area (TPSA) is 63.1 Å². The molecule has 23 heavy (non-hydrogen) atoms. The van der Waals surface area contributed by atoms with Gasteiger partial charge in [0.25, 0.3) is 0 Å². The summed E-state index contributed by atoms with van der Waals surface area (Å²) >= 11 is 0. The molecule has 4 rings (SSSR count). The number of aromatic nitrogens is 2. The quantitative estimate of drug-likeness (QED) is 0.604. The van der Waals surface area contributed by atoms with Crippen molar-refractivity contribution in [2.45, 2.75) is 0 Å². The molecule has 0 aliphatic carbocycles. The summed E-state index contributed by atoms with van der Waals surface area (Å²) in [7, 11) is 0. The van der Waals surface area contributed by atoms with E-state index in [1.54, 1.807) is 12.1 Å². The second-order valence-corrected chi connectivity index (χ2v) is 5.27. The summed E-state index contributed by atoms with van der Waals surface area (Å²) in [5.41, 5.74) is 2.96. The van der Waals surface area contributed by atoms with Gasteiger partial charge in [0, 0.05) is 10.8 Å². The van der Waals surface area contributed by atoms with Crippen molar-refractivity contribution in [3.63, 3.8) is 0 Å². The lowest BCUT2D eigenvalue weighted by atomic mass is 10.1. The predicted molar refractivity (Wildman–Crippen MR) is 89.4 cm³/mol. The van der Waals surface area contributed by atoms with Crippen LogP contribution in [0.15, 0.2) is 66.7 Å². The van der Waals surface area contributed by atoms with E-state index in [0.717, 1.165) is 22.0 Å². The standard InChI is InChI=1S/C19H12N2O2/c22-19(23)14-6-3-5-13-9-11-17(21-18(13)14)16-10-8-12-4-1-2-7-15(12)20-16/h1-11H,(H,22,23). The van der Waals surface area contributed by atoms with E-state index in [2.05, 4.69) is 9.97 Å². The molecule has 0 aliphatic heterocycles. The first kappa shape index (κ1) is 13.4. The van der Waals surface area contributed by atoms with Crippen molar-refractivity contribution in [3.05, 3.63) is 72.3 Å². The van der Waals surface area contributed by atoms with Crippen LogP contribution in [0.3, 0.4) is 0 Å². The first-order chi connectivity index (χ1) is 11.2. The fraction of sp³-hybridized carbons (Fsp3) is 0. The Labute approximate surface area is 132 Å². The Morgan fingerprint density at radius 3 is 2.26 bits per heavy atom. The third-order valence-electron chi connectivity index (χ3n) is 3.81. The first-order valence-corrected chi connectivity index (χ1v) is 7.21. The van der Waals surface area contributed by atoms with Gasteiger partial charge in [0.2, 0.25) is 0 Å². The molecule has 0 radical (unpaired) electrons. The number of carbonyl (C=O) groups is 1. The number of hydrogen-bond donors (Lipinski definition) is 1. The number of pyridine rings is 2. The van der Waals surface area contributed by atoms with Gasteiger partial charge in [-0.3, -0.25) is 0 Å². The number of para-hydroxylation sites is 2. The van der Waals surface area contributed by atoms with Crippen molar-refractivity contribution in [3.8, 4) is 11.4 Å². The molecule has 2 aromatic carbocycles. The van der Waals surface area contributed by atoms with Crippen molar-refractivity contribution in [1.29, 1.82) is 0 Å². The molecule has 0 spiro atoms. The molecule has 4 nitrogen and oxygen atoms in total. The number of benzene rings is 2. The molecule has 0 bridgehead atoms. The lowest BCUT2D eigenvalue weighted by Gasteiger charge is -2.06. The zero-order chi connectivity index (χ0) is 15.8. The van der Waals surface area contributed by atoms with E-state index >= 15 is 0 Å². The van der Waals surface area contributed by atoms with Gasteiger partial charge in [-0.1, -0.05) is 42.5 Å². The summed E-state index contributed by atoms with van der Waals surface area (Å²) in [6, 6.07) is 20.6. The first-order valence-electron chi connectivity index (χ1n) is 7.21. The third-order valence-corrected chi connectivity index (χ3v) is 3.81. The molecular weight excluding hydrogens is 288 g/mol. The van der Waals surface area contributed by atoms with Gasteiger partial charge in [-0.05, 0) is 24.3 Å². The van der Waals surface area contributed by atoms with Crippen LogP contribution < -0.4 is 0 Å². The maximum Gasteiger partial charge on any atom is 0.337 e. The van der Waals surface area contributed by atoms with E-state index in [1.807, 2.05) is 54.6 Å². The van der Waals surface area contributed by atoms with Crippen LogP contribution in [0.4, 0.5) is 0 Å². The van der Waals surface area contributed by atoms with E-state index in [0.29, 0.717) is 11.2 Å². The SMILES string of the molecule is O=C(O)c1cccc2ccc(-c3ccc4ccccc4n3)nc12. The van der Waals surface area contributed by atoms with Gasteiger partial charge >= 0.3 is 5.97 Å². The van der Waals surface area contributed by atoms with Crippen molar-refractivity contribution >= 4 is 27.8 Å². The Morgan fingerprint density at radius 2 is 1.43 bits per heavy atom. The number of rotatable bonds is 2. The molecular formula is C19H12N2O2. The van der Waals surface area contributed by atoms with E-state index < -0.39 is 5.97 Å². The molecule has 0 fully saturated rings. The fourth-order valence-electron chi connectivity index (χ4n) is 2.67. The summed E-state index contributed by atoms with van der Waals surface area (Å²) in [4.78, 5) is 20.5. The summed E-state index contributed by atoms with van der Waals surface area (Å²) < 4.78 is 0. The smallest absolute Gasteiger partial charge is 0.337 e. The number of fused-ring (bicyclic) bond motifs is 2. The molecule has 0 aliphatic rings. The van der Waals surface area contributed by atoms with Crippen molar-refractivity contribution in [2.75, 3.05) is 0 Å². The summed E-state index contributed by atoms with van der Waals surface area (Å²) in [6.45, 7) is 0. The van der Waals surface area contributed by atoms with Crippen molar-refractivity contribution < 1.29 is 9.90 Å². The Kier molecular flexibility index (Phi) is 3.01. The number of aromatic carboxylic acids is 1. The van der Waals surface area contributed by atoms with Crippen LogP contribution >= 0.6 is 0 Å². The van der Waals surface area contributed by atoms with E-state index in [-0.39, 0.29) is 5.56 Å². The molecule has 2 aromatic heterocycles. The van der Waals surface area contributed by atoms with Gasteiger partial charge in [-0.15, -0.1) is 0 Å². The molecule has 0 saturated heterocycles. The minimum absolute atomic E-state index is 0.199. The van der Waals surface area contributed by atoms with Crippen LogP contribution in [0.1, 0.15) is 10.4 Å². The van der Waals surface area contributed by atoms with Crippen LogP contribution in [0.2, 0.25) is 0 Å². The van der Waals surface area contributed by atoms with Crippen LogP contribution in [0, 0.1) is 0 Å². The maximum atomic E-state index is 11.4. The predicted octanol–water partition coefficient (Wildman–Crippen LogP) is 4.15. The molecule has 4 aromatic rings. The third kappa shape index (κ3) is 2.30. The van der Waals surface area contributed by atoms with Crippen molar-refractivity contribution in [1.82, 2.24) is 9.97 Å². The van der Waals surface area contributed by atoms with Gasteiger partial charge in [0.15, 0.2) is 0 Å². The zero-order valence-electron chi connectivity index (χ0n) is 12.1. The van der Waals surface area contributed by atoms with Gasteiger partial charge in [0.1, 0.15) is 0 Å². The second-order valence-electron chi connectivity index (χ2n) is 5.27. The van der Waals surface area contributed by atoms with Gasteiger partial charge < -0.3 is 5.11 Å². The van der Waals surface area contributed by atoms with Crippen LogP contribution in [0.25, 0.3) is 33.2 Å². The zero-order valence-corrected chi connectivity index (χ0v) is 12.1. The molecule has 0 saturated carbocycles. The van der Waals surface area contributed by atoms with Crippen LogP contribution in [-0.4, -0.2) is 21.0 Å². The highest BCUT2D eigenvalue weighted by atomic mass is 16.4. The Hall–Kier alpha value is -3.27. The van der Waals surface area contributed by atoms with Gasteiger partial charge in [-0.2, -0.15) is 0 Å². The normalized spacial score (nSPS) is 11.0. The molecule has 110 valence electrons. The Morgan fingerprint density at radius 1 is 0.739 bits per heavy atom. The highest BCUT2D eigenvalue weighted by Gasteiger charge is 2.11. The molecule has 0 atom stereocenters. The fourth-order valence-corrected chi connectivity index (χ4v) is 2.67. The monoisotopic (exact) mass is 300 g/mol. The van der Waals surface area contributed by atoms with E-state index in [9.17, 15) is 9.90 Å². The molecule has 2 heterocycles. The Balaban J connectivity index is 1.93. The van der Waals surface area contributed by atoms with Crippen molar-refractivity contribution in [2.24, 2.45) is 0 Å². The number of hydrogen-bond acceptors (Lipinski definition) is 3. The lowest BCUT2D eigenvalue weighted by Crippen LogP contribution is -1.99. The molecule has 0 amide bonds. The van der Waals surface area contributed by atoms with Crippen LogP contribution in [-0.2, 0) is 0 Å². The number of carboxylic acids is 1. The molecule has 4 heteroatoms. The summed E-state index contributed by atoms with van der Waals surface area (Å²) in [5, 5.41) is 11.2. The van der Waals surface area contributed by atoms with E-state index in [4.69, 9.17) is 0 Å². The minimum Gasteiger partial charge on any atom is -0.478 e. The highest BCUT2D eigenvalue weighted by molar-refractivity contribution is 6.02. The van der Waals surface area contributed by atoms with Gasteiger partial charge in [0.05, 0.1) is 28.0 Å². The van der Waals surface area contributed by atoms with Gasteiger partial charge in [-0.25, -0.2) is 14.8 Å². The average molecular weight is 300 g/mol. The van der Waals surface area contributed by atoms with E-state index in [1.165, 1.54) is 0 Å².